The van der Waals surface area contributed by atoms with Crippen LogP contribution in [0.5, 0.6) is 0 Å². The number of carbonyl (C=O) groups excluding carboxylic acids is 2. The maximum atomic E-state index is 12.9. The van der Waals surface area contributed by atoms with Gasteiger partial charge in [-0.1, -0.05) is 25.6 Å². The lowest BCUT2D eigenvalue weighted by molar-refractivity contribution is -1.04. The van der Waals surface area contributed by atoms with Crippen LogP contribution in [0.2, 0.25) is 0 Å². The van der Waals surface area contributed by atoms with Crippen molar-refractivity contribution in [3.05, 3.63) is 5.82 Å². The molecule has 1 N–H and O–H groups in total. The lowest BCUT2D eigenvalue weighted by Gasteiger charge is -2.28. The number of hydrogen-bond acceptors (Lipinski definition) is 7. The Morgan fingerprint density at radius 1 is 1.29 bits per heavy atom. The molecular weight excluding hydrogens is 382 g/mol. The van der Waals surface area contributed by atoms with E-state index in [-0.39, 0.29) is 17.9 Å². The molecular formula is C18H34N5O4S+. The third-order valence-corrected chi connectivity index (χ3v) is 5.66. The van der Waals surface area contributed by atoms with Gasteiger partial charge in [0.1, 0.15) is 13.1 Å². The second kappa shape index (κ2) is 10.9. The molecule has 0 aliphatic heterocycles. The zero-order valence-corrected chi connectivity index (χ0v) is 18.8. The van der Waals surface area contributed by atoms with Crippen molar-refractivity contribution in [2.45, 2.75) is 45.2 Å². The van der Waals surface area contributed by atoms with Crippen molar-refractivity contribution in [2.75, 3.05) is 46.7 Å². The molecule has 0 bridgehead atoms. The van der Waals surface area contributed by atoms with Gasteiger partial charge >= 0.3 is 11.9 Å². The lowest BCUT2D eigenvalue weighted by Crippen LogP contribution is -2.53. The molecule has 1 aromatic rings. The Hall–Kier alpha value is -1.49. The van der Waals surface area contributed by atoms with E-state index in [0.29, 0.717) is 42.9 Å². The molecule has 0 aromatic carbocycles. The number of quaternary nitrogens is 1. The zero-order valence-electron chi connectivity index (χ0n) is 18.0. The van der Waals surface area contributed by atoms with Gasteiger partial charge in [0.15, 0.2) is 11.0 Å². The van der Waals surface area contributed by atoms with Gasteiger partial charge in [-0.25, -0.2) is 19.8 Å². The molecule has 0 aliphatic rings. The molecule has 1 rings (SSSR count). The van der Waals surface area contributed by atoms with Crippen LogP contribution in [0.25, 0.3) is 0 Å². The third-order valence-electron chi connectivity index (χ3n) is 4.56. The van der Waals surface area contributed by atoms with Crippen LogP contribution in [0.1, 0.15) is 45.9 Å². The van der Waals surface area contributed by atoms with Crippen LogP contribution in [-0.2, 0) is 9.53 Å². The molecule has 0 saturated carbocycles. The maximum Gasteiger partial charge on any atom is 0.349 e. The summed E-state index contributed by atoms with van der Waals surface area (Å²) < 4.78 is 5.80. The van der Waals surface area contributed by atoms with E-state index in [1.165, 1.54) is 21.3 Å². The van der Waals surface area contributed by atoms with Gasteiger partial charge in [0.25, 0.3) is 0 Å². The average molecular weight is 417 g/mol. The summed E-state index contributed by atoms with van der Waals surface area (Å²) in [6, 6.07) is -0.295. The average Bonchev–Trinajstić information content (AvgIpc) is 3.10. The highest BCUT2D eigenvalue weighted by Gasteiger charge is 2.38. The predicted molar refractivity (Wildman–Crippen MR) is 107 cm³/mol. The smallest absolute Gasteiger partial charge is 0.349 e. The van der Waals surface area contributed by atoms with E-state index in [1.54, 1.807) is 35.1 Å². The van der Waals surface area contributed by atoms with Crippen molar-refractivity contribution in [1.82, 2.24) is 19.7 Å². The Balaban J connectivity index is 3.09. The summed E-state index contributed by atoms with van der Waals surface area (Å²) >= 11 is 1.30. The summed E-state index contributed by atoms with van der Waals surface area (Å²) in [6.45, 7) is 8.49. The normalized spacial score (nSPS) is 13.0. The fourth-order valence-corrected chi connectivity index (χ4v) is 3.61. The standard InChI is InChI=1S/C18H34N5O4S/c1-8-23(26,9-2)16(24)14(10-11-27-7)12-28-17-19-15(13(3)4)20-22(17)18(25)21(5)6/h13-14,26H,8-12H2,1-7H3/q+1. The number of ether oxygens (including phenoxy) is 1. The van der Waals surface area contributed by atoms with Crippen LogP contribution in [-0.4, -0.2) is 88.1 Å². The first-order valence-electron chi connectivity index (χ1n) is 9.55. The second-order valence-corrected chi connectivity index (χ2v) is 8.17. The number of amides is 2. The van der Waals surface area contributed by atoms with Gasteiger partial charge in [-0.15, -0.1) is 9.75 Å². The van der Waals surface area contributed by atoms with Crippen LogP contribution in [0.15, 0.2) is 5.16 Å². The fourth-order valence-electron chi connectivity index (χ4n) is 2.55. The minimum Gasteiger partial charge on any atom is -0.385 e. The molecule has 10 heteroatoms. The molecule has 0 saturated heterocycles. The highest BCUT2D eigenvalue weighted by molar-refractivity contribution is 7.99. The highest BCUT2D eigenvalue weighted by atomic mass is 32.2. The van der Waals surface area contributed by atoms with E-state index in [4.69, 9.17) is 4.74 Å². The Bertz CT molecular complexity index is 658. The maximum absolute atomic E-state index is 12.9. The molecule has 9 nitrogen and oxygen atoms in total. The molecule has 0 spiro atoms. The Morgan fingerprint density at radius 2 is 1.89 bits per heavy atom. The SMILES string of the molecule is CC[N+](O)(CC)C(=O)C(CCOC)CSc1nc(C(C)C)nn1C(=O)N(C)C. The van der Waals surface area contributed by atoms with Crippen LogP contribution in [0.3, 0.4) is 0 Å². The molecule has 1 atom stereocenters. The number of rotatable bonds is 10. The Labute approximate surface area is 171 Å². The predicted octanol–water partition coefficient (Wildman–Crippen LogP) is 2.45. The van der Waals surface area contributed by atoms with E-state index < -0.39 is 10.6 Å². The Kier molecular flexibility index (Phi) is 9.55. The Morgan fingerprint density at radius 3 is 2.36 bits per heavy atom. The van der Waals surface area contributed by atoms with E-state index >= 15 is 0 Å². The largest absolute Gasteiger partial charge is 0.385 e. The van der Waals surface area contributed by atoms with Crippen molar-refractivity contribution in [1.29, 1.82) is 0 Å². The van der Waals surface area contributed by atoms with Crippen molar-refractivity contribution >= 4 is 23.7 Å². The van der Waals surface area contributed by atoms with Crippen LogP contribution in [0, 0.1) is 5.92 Å². The van der Waals surface area contributed by atoms with E-state index in [0.717, 1.165) is 0 Å². The molecule has 0 fully saturated rings. The van der Waals surface area contributed by atoms with E-state index in [9.17, 15) is 14.8 Å². The van der Waals surface area contributed by atoms with Crippen molar-refractivity contribution in [3.63, 3.8) is 0 Å². The molecule has 28 heavy (non-hydrogen) atoms. The number of aromatic nitrogens is 3. The van der Waals surface area contributed by atoms with Gasteiger partial charge in [0.2, 0.25) is 0 Å². The first-order chi connectivity index (χ1) is 13.1. The van der Waals surface area contributed by atoms with E-state index in [2.05, 4.69) is 10.1 Å². The zero-order chi connectivity index (χ0) is 21.5. The molecule has 2 amide bonds. The number of thioether (sulfide) groups is 1. The minimum absolute atomic E-state index is 0.0726. The third kappa shape index (κ3) is 6.00. The van der Waals surface area contributed by atoms with Gasteiger partial charge in [0, 0.05) is 39.5 Å². The number of carbonyl (C=O) groups is 2. The highest BCUT2D eigenvalue weighted by Crippen LogP contribution is 2.25. The number of hydroxylamine groups is 3. The number of hydrogen-bond donors (Lipinski definition) is 1. The molecule has 1 aromatic heterocycles. The summed E-state index contributed by atoms with van der Waals surface area (Å²) in [5.74, 6) is 0.343. The molecule has 1 unspecified atom stereocenters. The monoisotopic (exact) mass is 416 g/mol. The van der Waals surface area contributed by atoms with Crippen LogP contribution < -0.4 is 0 Å². The lowest BCUT2D eigenvalue weighted by atomic mass is 10.1. The second-order valence-electron chi connectivity index (χ2n) is 7.18. The number of methoxy groups -OCH3 is 1. The van der Waals surface area contributed by atoms with Crippen LogP contribution in [0.4, 0.5) is 4.79 Å². The molecule has 0 radical (unpaired) electrons. The van der Waals surface area contributed by atoms with E-state index in [1.807, 2.05) is 13.8 Å². The van der Waals surface area contributed by atoms with Gasteiger partial charge in [-0.3, -0.25) is 0 Å². The quantitative estimate of drug-likeness (QED) is 0.271. The van der Waals surface area contributed by atoms with Gasteiger partial charge in [0.05, 0.1) is 5.92 Å². The van der Waals surface area contributed by atoms with Crippen molar-refractivity contribution < 1.29 is 24.2 Å². The summed E-state index contributed by atoms with van der Waals surface area (Å²) in [4.78, 5) is 31.3. The summed E-state index contributed by atoms with van der Waals surface area (Å²) in [7, 11) is 4.88. The molecule has 0 aliphatic carbocycles. The van der Waals surface area contributed by atoms with Gasteiger partial charge < -0.3 is 9.64 Å². The minimum atomic E-state index is -0.616. The fraction of sp³-hybridized carbons (Fsp3) is 0.778. The first kappa shape index (κ1) is 24.5. The van der Waals surface area contributed by atoms with Crippen LogP contribution >= 0.6 is 11.8 Å². The first-order valence-corrected chi connectivity index (χ1v) is 10.5. The van der Waals surface area contributed by atoms with Crippen molar-refractivity contribution in [3.8, 4) is 0 Å². The van der Waals surface area contributed by atoms with Crippen molar-refractivity contribution in [2.24, 2.45) is 5.92 Å². The van der Waals surface area contributed by atoms with Gasteiger partial charge in [-0.2, -0.15) is 4.68 Å². The van der Waals surface area contributed by atoms with Gasteiger partial charge in [-0.05, 0) is 20.3 Å². The number of nitrogens with zero attached hydrogens (tertiary/aromatic N) is 5. The summed E-state index contributed by atoms with van der Waals surface area (Å²) in [5, 5.41) is 15.4. The molecule has 160 valence electrons. The summed E-state index contributed by atoms with van der Waals surface area (Å²) in [5.41, 5.74) is 0. The summed E-state index contributed by atoms with van der Waals surface area (Å²) in [6.07, 6.45) is 0.482. The molecule has 1 heterocycles. The topological polar surface area (TPSA) is 97.5 Å².